The van der Waals surface area contributed by atoms with E-state index in [1.165, 1.54) is 13.8 Å². The molecule has 0 rings (SSSR count). The van der Waals surface area contributed by atoms with Crippen molar-refractivity contribution < 1.29 is 33.4 Å². The van der Waals surface area contributed by atoms with Gasteiger partial charge in [0, 0.05) is 17.2 Å². The van der Waals surface area contributed by atoms with Gasteiger partial charge in [-0.05, 0) is 20.3 Å². The van der Waals surface area contributed by atoms with Gasteiger partial charge in [0.1, 0.15) is 12.2 Å². The molecule has 7 nitrogen and oxygen atoms in total. The highest BCUT2D eigenvalue weighted by Gasteiger charge is 2.18. The van der Waals surface area contributed by atoms with Gasteiger partial charge in [-0.3, -0.25) is 9.59 Å². The SMILES string of the molecule is C=C(C)C(=O)OC(=O)/C(=C/C(=O)OC(=O)CC(C)=O)CC. The van der Waals surface area contributed by atoms with E-state index in [2.05, 4.69) is 16.1 Å². The molecule has 0 aromatic rings. The van der Waals surface area contributed by atoms with Gasteiger partial charge in [-0.25, -0.2) is 14.4 Å². The first-order valence-corrected chi connectivity index (χ1v) is 6.04. The molecule has 0 aromatic carbocycles. The summed E-state index contributed by atoms with van der Waals surface area (Å²) in [4.78, 5) is 55.9. The van der Waals surface area contributed by atoms with Crippen LogP contribution in [0.2, 0.25) is 0 Å². The van der Waals surface area contributed by atoms with Gasteiger partial charge in [0.25, 0.3) is 0 Å². The largest absolute Gasteiger partial charge is 0.390 e. The van der Waals surface area contributed by atoms with Crippen LogP contribution in [0.4, 0.5) is 0 Å². The van der Waals surface area contributed by atoms with Gasteiger partial charge in [-0.2, -0.15) is 0 Å². The van der Waals surface area contributed by atoms with Crippen molar-refractivity contribution >= 4 is 29.7 Å². The number of carbonyl (C=O) groups excluding carboxylic acids is 5. The standard InChI is InChI=1S/C14H16O7/c1-5-10(14(19)21-13(18)8(2)3)7-12(17)20-11(16)6-9(4)15/h7H,2,5-6H2,1,3-4H3/b10-7+. The van der Waals surface area contributed by atoms with Crippen molar-refractivity contribution in [2.24, 2.45) is 0 Å². The van der Waals surface area contributed by atoms with Crippen LogP contribution in [0, 0.1) is 0 Å². The number of hydrogen-bond acceptors (Lipinski definition) is 7. The minimum Gasteiger partial charge on any atom is -0.390 e. The highest BCUT2D eigenvalue weighted by atomic mass is 16.6. The predicted molar refractivity (Wildman–Crippen MR) is 70.7 cm³/mol. The summed E-state index contributed by atoms with van der Waals surface area (Å²) in [5, 5.41) is 0. The van der Waals surface area contributed by atoms with E-state index in [1.54, 1.807) is 6.92 Å². The van der Waals surface area contributed by atoms with Crippen LogP contribution in [-0.4, -0.2) is 29.7 Å². The fourth-order valence-corrected chi connectivity index (χ4v) is 1.07. The lowest BCUT2D eigenvalue weighted by Crippen LogP contribution is -2.17. The first kappa shape index (κ1) is 18.4. The van der Waals surface area contributed by atoms with Gasteiger partial charge in [0.15, 0.2) is 0 Å². The maximum atomic E-state index is 11.6. The summed E-state index contributed by atoms with van der Waals surface area (Å²) < 4.78 is 8.75. The minimum absolute atomic E-state index is 0.0259. The maximum absolute atomic E-state index is 11.6. The Balaban J connectivity index is 4.78. The number of Topliss-reactive ketones (excluding diaryl/α,β-unsaturated/α-hetero) is 1. The highest BCUT2D eigenvalue weighted by molar-refractivity contribution is 6.06. The van der Waals surface area contributed by atoms with E-state index in [-0.39, 0.29) is 17.6 Å². The summed E-state index contributed by atoms with van der Waals surface area (Å²) in [6.45, 7) is 7.38. The average molecular weight is 296 g/mol. The fourth-order valence-electron chi connectivity index (χ4n) is 1.07. The third kappa shape index (κ3) is 7.56. The second-order valence-electron chi connectivity index (χ2n) is 4.15. The van der Waals surface area contributed by atoms with Crippen molar-refractivity contribution in [2.45, 2.75) is 33.6 Å². The molecular weight excluding hydrogens is 280 g/mol. The Labute approximate surface area is 121 Å². The zero-order valence-corrected chi connectivity index (χ0v) is 12.1. The zero-order valence-electron chi connectivity index (χ0n) is 12.1. The quantitative estimate of drug-likeness (QED) is 0.409. The molecule has 0 aliphatic heterocycles. The van der Waals surface area contributed by atoms with Gasteiger partial charge in [0.05, 0.1) is 0 Å². The lowest BCUT2D eigenvalue weighted by atomic mass is 10.2. The van der Waals surface area contributed by atoms with E-state index in [0.29, 0.717) is 0 Å². The molecule has 0 atom stereocenters. The van der Waals surface area contributed by atoms with Crippen molar-refractivity contribution in [1.29, 1.82) is 0 Å². The number of esters is 4. The van der Waals surface area contributed by atoms with Gasteiger partial charge in [-0.1, -0.05) is 13.5 Å². The molecule has 114 valence electrons. The van der Waals surface area contributed by atoms with Gasteiger partial charge >= 0.3 is 23.9 Å². The Kier molecular flexibility index (Phi) is 7.52. The summed E-state index contributed by atoms with van der Waals surface area (Å²) in [6, 6.07) is 0. The third-order valence-electron chi connectivity index (χ3n) is 2.08. The van der Waals surface area contributed by atoms with Crippen LogP contribution >= 0.6 is 0 Å². The highest BCUT2D eigenvalue weighted by Crippen LogP contribution is 2.06. The van der Waals surface area contributed by atoms with E-state index in [0.717, 1.165) is 6.08 Å². The third-order valence-corrected chi connectivity index (χ3v) is 2.08. The molecule has 0 saturated heterocycles. The normalized spacial score (nSPS) is 10.5. The van der Waals surface area contributed by atoms with E-state index in [9.17, 15) is 24.0 Å². The van der Waals surface area contributed by atoms with E-state index in [4.69, 9.17) is 0 Å². The first-order valence-electron chi connectivity index (χ1n) is 6.04. The molecule has 0 spiro atoms. The molecule has 0 heterocycles. The van der Waals surface area contributed by atoms with Crippen LogP contribution < -0.4 is 0 Å². The molecular formula is C14H16O7. The Morgan fingerprint density at radius 1 is 1.00 bits per heavy atom. The van der Waals surface area contributed by atoms with Crippen LogP contribution in [-0.2, 0) is 33.4 Å². The molecule has 0 radical (unpaired) electrons. The van der Waals surface area contributed by atoms with Gasteiger partial charge < -0.3 is 9.47 Å². The maximum Gasteiger partial charge on any atom is 0.342 e. The van der Waals surface area contributed by atoms with Gasteiger partial charge in [-0.15, -0.1) is 0 Å². The monoisotopic (exact) mass is 296 g/mol. The van der Waals surface area contributed by atoms with E-state index < -0.39 is 36.1 Å². The second kappa shape index (κ2) is 8.57. The molecule has 0 bridgehead atoms. The number of rotatable bonds is 6. The number of ether oxygens (including phenoxy) is 2. The Hall–Kier alpha value is -2.57. The molecule has 0 N–H and O–H groups in total. The summed E-state index contributed by atoms with van der Waals surface area (Å²) in [5.74, 6) is -4.54. The minimum atomic E-state index is -1.11. The van der Waals surface area contributed by atoms with Crippen LogP contribution in [0.15, 0.2) is 23.8 Å². The van der Waals surface area contributed by atoms with Crippen molar-refractivity contribution in [1.82, 2.24) is 0 Å². The number of hydrogen-bond donors (Lipinski definition) is 0. The van der Waals surface area contributed by atoms with Crippen molar-refractivity contribution in [3.8, 4) is 0 Å². The van der Waals surface area contributed by atoms with Crippen molar-refractivity contribution in [3.05, 3.63) is 23.8 Å². The van der Waals surface area contributed by atoms with Gasteiger partial charge in [0.2, 0.25) is 0 Å². The van der Waals surface area contributed by atoms with Crippen molar-refractivity contribution in [2.75, 3.05) is 0 Å². The lowest BCUT2D eigenvalue weighted by Gasteiger charge is -2.04. The number of carbonyl (C=O) groups is 5. The summed E-state index contributed by atoms with van der Waals surface area (Å²) in [6.07, 6.45) is 0.282. The Morgan fingerprint density at radius 3 is 2.00 bits per heavy atom. The van der Waals surface area contributed by atoms with Crippen molar-refractivity contribution in [3.63, 3.8) is 0 Å². The predicted octanol–water partition coefficient (Wildman–Crippen LogP) is 1.02. The molecule has 0 aromatic heterocycles. The molecule has 0 aliphatic carbocycles. The molecule has 0 amide bonds. The Morgan fingerprint density at radius 2 is 1.57 bits per heavy atom. The van der Waals surface area contributed by atoms with E-state index in [1.807, 2.05) is 0 Å². The van der Waals surface area contributed by atoms with Crippen LogP contribution in [0.25, 0.3) is 0 Å². The van der Waals surface area contributed by atoms with Crippen LogP contribution in [0.1, 0.15) is 33.6 Å². The molecule has 0 aliphatic rings. The molecule has 0 fully saturated rings. The summed E-state index contributed by atoms with van der Waals surface area (Å²) in [5.41, 5.74) is -0.122. The van der Waals surface area contributed by atoms with Crippen LogP contribution in [0.3, 0.4) is 0 Å². The van der Waals surface area contributed by atoms with Crippen LogP contribution in [0.5, 0.6) is 0 Å². The second-order valence-corrected chi connectivity index (χ2v) is 4.15. The smallest absolute Gasteiger partial charge is 0.342 e. The molecule has 0 saturated carbocycles. The summed E-state index contributed by atoms with van der Waals surface area (Å²) in [7, 11) is 0. The average Bonchev–Trinajstić information content (AvgIpc) is 2.34. The Bertz CT molecular complexity index is 525. The summed E-state index contributed by atoms with van der Waals surface area (Å²) >= 11 is 0. The molecule has 21 heavy (non-hydrogen) atoms. The topological polar surface area (TPSA) is 104 Å². The number of ketones is 1. The zero-order chi connectivity index (χ0) is 16.6. The lowest BCUT2D eigenvalue weighted by molar-refractivity contribution is -0.158. The van der Waals surface area contributed by atoms with E-state index >= 15 is 0 Å². The first-order chi connectivity index (χ1) is 9.67. The fraction of sp³-hybridized carbons (Fsp3) is 0.357. The molecule has 7 heteroatoms. The molecule has 0 unspecified atom stereocenters.